The molecule has 0 bridgehead atoms. The van der Waals surface area contributed by atoms with Crippen molar-refractivity contribution in [3.8, 4) is 11.4 Å². The van der Waals surface area contributed by atoms with Gasteiger partial charge in [-0.3, -0.25) is 4.98 Å². The second kappa shape index (κ2) is 5.83. The van der Waals surface area contributed by atoms with Crippen molar-refractivity contribution in [2.45, 2.75) is 18.8 Å². The predicted octanol–water partition coefficient (Wildman–Crippen LogP) is 3.67. The van der Waals surface area contributed by atoms with E-state index in [1.165, 1.54) is 6.20 Å². The molecule has 3 aromatic rings. The van der Waals surface area contributed by atoms with Gasteiger partial charge >= 0.3 is 0 Å². The highest BCUT2D eigenvalue weighted by molar-refractivity contribution is 6.30. The van der Waals surface area contributed by atoms with Gasteiger partial charge in [0.2, 0.25) is 0 Å². The van der Waals surface area contributed by atoms with Gasteiger partial charge in [0.1, 0.15) is 5.75 Å². The highest BCUT2D eigenvalue weighted by Gasteiger charge is 2.24. The van der Waals surface area contributed by atoms with Crippen molar-refractivity contribution in [2.75, 3.05) is 13.2 Å². The fraction of sp³-hybridized carbons (Fsp3) is 0.294. The Morgan fingerprint density at radius 1 is 1.13 bits per heavy atom. The fourth-order valence-electron chi connectivity index (χ4n) is 3.11. The Kier molecular flexibility index (Phi) is 3.67. The van der Waals surface area contributed by atoms with Gasteiger partial charge < -0.3 is 9.84 Å². The smallest absolute Gasteiger partial charge is 0.145 e. The van der Waals surface area contributed by atoms with E-state index in [4.69, 9.17) is 21.4 Å². The molecule has 6 heteroatoms. The third-order valence-electron chi connectivity index (χ3n) is 4.28. The van der Waals surface area contributed by atoms with Crippen molar-refractivity contribution >= 4 is 22.5 Å². The molecule has 0 aliphatic carbocycles. The van der Waals surface area contributed by atoms with Crippen molar-refractivity contribution in [3.05, 3.63) is 47.4 Å². The molecule has 0 amide bonds. The number of aromatic nitrogens is 3. The van der Waals surface area contributed by atoms with E-state index in [-0.39, 0.29) is 11.7 Å². The van der Waals surface area contributed by atoms with Crippen LogP contribution >= 0.6 is 11.6 Å². The van der Waals surface area contributed by atoms with E-state index in [2.05, 4.69) is 4.98 Å². The van der Waals surface area contributed by atoms with Crippen LogP contribution in [0.3, 0.4) is 0 Å². The van der Waals surface area contributed by atoms with E-state index in [9.17, 15) is 5.11 Å². The first kappa shape index (κ1) is 14.5. The average Bonchev–Trinajstić information content (AvgIpc) is 2.97. The highest BCUT2D eigenvalue weighted by atomic mass is 35.5. The van der Waals surface area contributed by atoms with Gasteiger partial charge in [-0.15, -0.1) is 0 Å². The molecule has 1 N–H and O–H groups in total. The van der Waals surface area contributed by atoms with Crippen molar-refractivity contribution in [1.29, 1.82) is 0 Å². The molecule has 3 heterocycles. The maximum atomic E-state index is 10.3. The van der Waals surface area contributed by atoms with Crippen LogP contribution in [-0.4, -0.2) is 33.1 Å². The van der Waals surface area contributed by atoms with E-state index < -0.39 is 0 Å². The van der Waals surface area contributed by atoms with Gasteiger partial charge in [0.15, 0.2) is 0 Å². The summed E-state index contributed by atoms with van der Waals surface area (Å²) in [6, 6.07) is 7.47. The quantitative estimate of drug-likeness (QED) is 0.779. The zero-order valence-corrected chi connectivity index (χ0v) is 13.2. The third-order valence-corrected chi connectivity index (χ3v) is 4.53. The van der Waals surface area contributed by atoms with Crippen LogP contribution < -0.4 is 0 Å². The average molecular weight is 330 g/mol. The number of rotatable bonds is 2. The normalized spacial score (nSPS) is 16.0. The summed E-state index contributed by atoms with van der Waals surface area (Å²) in [5, 5.41) is 16.6. The number of benzene rings is 1. The molecule has 2 aromatic heterocycles. The van der Waals surface area contributed by atoms with Gasteiger partial charge in [0.25, 0.3) is 0 Å². The van der Waals surface area contributed by atoms with Crippen molar-refractivity contribution < 1.29 is 9.84 Å². The van der Waals surface area contributed by atoms with E-state index in [1.807, 2.05) is 28.9 Å². The molecule has 118 valence electrons. The number of pyridine rings is 1. The minimum Gasteiger partial charge on any atom is -0.506 e. The van der Waals surface area contributed by atoms with Crippen LogP contribution in [0.25, 0.3) is 16.6 Å². The summed E-state index contributed by atoms with van der Waals surface area (Å²) >= 11 is 5.97. The molecular formula is C17H16ClN3O2. The summed E-state index contributed by atoms with van der Waals surface area (Å²) in [5.41, 5.74) is 2.61. The monoisotopic (exact) mass is 329 g/mol. The summed E-state index contributed by atoms with van der Waals surface area (Å²) in [5.74, 6) is 0.456. The van der Waals surface area contributed by atoms with Gasteiger partial charge in [-0.05, 0) is 37.1 Å². The predicted molar refractivity (Wildman–Crippen MR) is 88.3 cm³/mol. The van der Waals surface area contributed by atoms with E-state index in [0.29, 0.717) is 5.02 Å². The van der Waals surface area contributed by atoms with Gasteiger partial charge in [0.05, 0.1) is 34.7 Å². The Morgan fingerprint density at radius 2 is 1.87 bits per heavy atom. The number of fused-ring (bicyclic) bond motifs is 1. The second-order valence-electron chi connectivity index (χ2n) is 5.71. The zero-order valence-electron chi connectivity index (χ0n) is 12.4. The first-order valence-corrected chi connectivity index (χ1v) is 8.01. The molecule has 5 nitrogen and oxygen atoms in total. The second-order valence-corrected chi connectivity index (χ2v) is 6.15. The topological polar surface area (TPSA) is 60.2 Å². The van der Waals surface area contributed by atoms with E-state index >= 15 is 0 Å². The molecule has 1 aliphatic rings. The van der Waals surface area contributed by atoms with Crippen molar-refractivity contribution in [1.82, 2.24) is 14.8 Å². The lowest BCUT2D eigenvalue weighted by Crippen LogP contribution is -2.15. The largest absolute Gasteiger partial charge is 0.506 e. The molecule has 0 spiro atoms. The summed E-state index contributed by atoms with van der Waals surface area (Å²) < 4.78 is 7.27. The standard InChI is InChI=1S/C17H16ClN3O2/c18-12-1-3-13(4-2-12)21-14-9-19-10-15(22)16(14)17(20-21)11-5-7-23-8-6-11/h1-4,9-11,22H,5-8H2. The van der Waals surface area contributed by atoms with Gasteiger partial charge in [-0.1, -0.05) is 11.6 Å². The van der Waals surface area contributed by atoms with Crippen LogP contribution in [0.1, 0.15) is 24.5 Å². The SMILES string of the molecule is Oc1cncc2c1c(C1CCOCC1)nn2-c1ccc(Cl)cc1. The molecule has 0 radical (unpaired) electrons. The summed E-state index contributed by atoms with van der Waals surface area (Å²) in [6.45, 7) is 1.46. The number of aromatic hydroxyl groups is 1. The molecular weight excluding hydrogens is 314 g/mol. The Labute approximate surface area is 138 Å². The van der Waals surface area contributed by atoms with Crippen LogP contribution in [0.4, 0.5) is 0 Å². The van der Waals surface area contributed by atoms with Crippen molar-refractivity contribution in [3.63, 3.8) is 0 Å². The minimum absolute atomic E-state index is 0.171. The lowest BCUT2D eigenvalue weighted by molar-refractivity contribution is 0.0846. The van der Waals surface area contributed by atoms with Crippen LogP contribution in [-0.2, 0) is 4.74 Å². The van der Waals surface area contributed by atoms with E-state index in [0.717, 1.165) is 48.3 Å². The molecule has 4 rings (SSSR count). The van der Waals surface area contributed by atoms with Gasteiger partial charge in [-0.25, -0.2) is 4.68 Å². The lowest BCUT2D eigenvalue weighted by Gasteiger charge is -2.20. The van der Waals surface area contributed by atoms with E-state index in [1.54, 1.807) is 6.20 Å². The first-order chi connectivity index (χ1) is 11.2. The minimum atomic E-state index is 0.171. The molecule has 1 fully saturated rings. The molecule has 0 atom stereocenters. The lowest BCUT2D eigenvalue weighted by atomic mass is 9.94. The summed E-state index contributed by atoms with van der Waals surface area (Å²) in [4.78, 5) is 4.11. The maximum Gasteiger partial charge on any atom is 0.145 e. The Hall–Kier alpha value is -2.11. The van der Waals surface area contributed by atoms with Crippen LogP contribution in [0.5, 0.6) is 5.75 Å². The van der Waals surface area contributed by atoms with Crippen LogP contribution in [0.15, 0.2) is 36.7 Å². The molecule has 1 aliphatic heterocycles. The Morgan fingerprint density at radius 3 is 2.61 bits per heavy atom. The number of hydrogen-bond donors (Lipinski definition) is 1. The maximum absolute atomic E-state index is 10.3. The van der Waals surface area contributed by atoms with Gasteiger partial charge in [-0.2, -0.15) is 5.10 Å². The highest BCUT2D eigenvalue weighted by Crippen LogP contribution is 2.36. The summed E-state index contributed by atoms with van der Waals surface area (Å²) in [7, 11) is 0. The first-order valence-electron chi connectivity index (χ1n) is 7.63. The van der Waals surface area contributed by atoms with Crippen LogP contribution in [0.2, 0.25) is 5.02 Å². The van der Waals surface area contributed by atoms with Gasteiger partial charge in [0, 0.05) is 24.2 Å². The fourth-order valence-corrected chi connectivity index (χ4v) is 3.24. The number of ether oxygens (including phenoxy) is 1. The third kappa shape index (κ3) is 2.56. The summed E-state index contributed by atoms with van der Waals surface area (Å²) in [6.07, 6.45) is 5.03. The Balaban J connectivity index is 1.91. The molecule has 1 saturated heterocycles. The zero-order chi connectivity index (χ0) is 15.8. The molecule has 0 unspecified atom stereocenters. The number of hydrogen-bond acceptors (Lipinski definition) is 4. The molecule has 1 aromatic carbocycles. The van der Waals surface area contributed by atoms with Crippen molar-refractivity contribution in [2.24, 2.45) is 0 Å². The Bertz CT molecular complexity index is 839. The number of nitrogens with zero attached hydrogens (tertiary/aromatic N) is 3. The number of halogens is 1. The van der Waals surface area contributed by atoms with Crippen LogP contribution in [0, 0.1) is 0 Å². The molecule has 0 saturated carbocycles. The molecule has 23 heavy (non-hydrogen) atoms.